The molecule has 3 rings (SSSR count). The smallest absolute Gasteiger partial charge is 0.242 e. The molecule has 8 heteroatoms. The van der Waals surface area contributed by atoms with Crippen LogP contribution in [0.15, 0.2) is 40.9 Å². The number of halogens is 1. The zero-order valence-electron chi connectivity index (χ0n) is 19.4. The summed E-state index contributed by atoms with van der Waals surface area (Å²) in [6.45, 7) is 6.55. The average molecular weight is 518 g/mol. The summed E-state index contributed by atoms with van der Waals surface area (Å²) in [5.41, 5.74) is 0.889. The molecule has 1 fully saturated rings. The van der Waals surface area contributed by atoms with Gasteiger partial charge in [-0.15, -0.1) is 0 Å². The highest BCUT2D eigenvalue weighted by atomic mass is 79.9. The fourth-order valence-electron chi connectivity index (χ4n) is 4.26. The van der Waals surface area contributed by atoms with E-state index in [0.29, 0.717) is 25.3 Å². The molecule has 3 atom stereocenters. The summed E-state index contributed by atoms with van der Waals surface area (Å²) < 4.78 is 0.925. The molecule has 0 saturated carbocycles. The Labute approximate surface area is 203 Å². The van der Waals surface area contributed by atoms with Crippen molar-refractivity contribution in [3.8, 4) is 0 Å². The van der Waals surface area contributed by atoms with Gasteiger partial charge < -0.3 is 10.2 Å². The van der Waals surface area contributed by atoms with Crippen LogP contribution in [0.4, 0.5) is 0 Å². The van der Waals surface area contributed by atoms with Gasteiger partial charge in [-0.25, -0.2) is 0 Å². The van der Waals surface area contributed by atoms with E-state index in [9.17, 15) is 19.2 Å². The molecule has 1 saturated heterocycles. The first-order valence-electron chi connectivity index (χ1n) is 11.5. The number of likely N-dealkylation sites (tertiary alicyclic amines) is 1. The van der Waals surface area contributed by atoms with Crippen LogP contribution in [-0.4, -0.2) is 52.6 Å². The lowest BCUT2D eigenvalue weighted by atomic mass is 9.85. The highest BCUT2D eigenvalue weighted by molar-refractivity contribution is 9.10. The quantitative estimate of drug-likeness (QED) is 0.402. The molecule has 0 unspecified atom stereocenters. The molecule has 1 aliphatic carbocycles. The number of nitrogens with zero attached hydrogens (tertiary/aromatic N) is 2. The summed E-state index contributed by atoms with van der Waals surface area (Å²) >= 11 is 3.41. The van der Waals surface area contributed by atoms with Crippen molar-refractivity contribution in [2.75, 3.05) is 13.1 Å². The number of hydrogen-bond acceptors (Lipinski definition) is 4. The molecule has 0 bridgehead atoms. The van der Waals surface area contributed by atoms with Crippen molar-refractivity contribution >= 4 is 39.6 Å². The number of imide groups is 1. The van der Waals surface area contributed by atoms with Crippen LogP contribution in [0.1, 0.15) is 45.6 Å². The van der Waals surface area contributed by atoms with Crippen molar-refractivity contribution in [2.45, 2.75) is 52.6 Å². The molecule has 2 aliphatic rings. The van der Waals surface area contributed by atoms with Gasteiger partial charge in [0.15, 0.2) is 0 Å². The molecule has 1 aliphatic heterocycles. The van der Waals surface area contributed by atoms with E-state index in [1.807, 2.05) is 50.3 Å². The molecule has 7 nitrogen and oxygen atoms in total. The van der Waals surface area contributed by atoms with Crippen molar-refractivity contribution in [1.82, 2.24) is 15.1 Å². The molecule has 33 heavy (non-hydrogen) atoms. The van der Waals surface area contributed by atoms with Crippen LogP contribution in [0.25, 0.3) is 0 Å². The summed E-state index contributed by atoms with van der Waals surface area (Å²) in [7, 11) is 0. The lowest BCUT2D eigenvalue weighted by molar-refractivity contribution is -0.143. The summed E-state index contributed by atoms with van der Waals surface area (Å²) in [6.07, 6.45) is 5.02. The summed E-state index contributed by atoms with van der Waals surface area (Å²) in [5.74, 6) is -1.19. The zero-order valence-corrected chi connectivity index (χ0v) is 21.0. The van der Waals surface area contributed by atoms with Crippen LogP contribution in [0.3, 0.4) is 0 Å². The summed E-state index contributed by atoms with van der Waals surface area (Å²) in [6, 6.07) is 6.89. The maximum absolute atomic E-state index is 13.3. The number of allylic oxidation sites excluding steroid dienone is 2. The van der Waals surface area contributed by atoms with Crippen LogP contribution in [-0.2, 0) is 25.7 Å². The third-order valence-electron chi connectivity index (χ3n) is 6.27. The van der Waals surface area contributed by atoms with Gasteiger partial charge in [0.2, 0.25) is 23.6 Å². The van der Waals surface area contributed by atoms with Gasteiger partial charge in [-0.05, 0) is 43.4 Å². The van der Waals surface area contributed by atoms with E-state index in [0.717, 1.165) is 10.0 Å². The van der Waals surface area contributed by atoms with Gasteiger partial charge >= 0.3 is 0 Å². The molecule has 0 aromatic heterocycles. The number of fused-ring (bicyclic) bond motifs is 1. The van der Waals surface area contributed by atoms with E-state index in [2.05, 4.69) is 21.2 Å². The van der Waals surface area contributed by atoms with E-state index in [4.69, 9.17) is 0 Å². The predicted molar refractivity (Wildman–Crippen MR) is 129 cm³/mol. The Bertz CT molecular complexity index is 902. The first-order valence-corrected chi connectivity index (χ1v) is 12.3. The number of hydrogen-bond donors (Lipinski definition) is 1. The molecular formula is C25H32BrN3O4. The second kappa shape index (κ2) is 11.1. The number of benzene rings is 1. The summed E-state index contributed by atoms with van der Waals surface area (Å²) in [4.78, 5) is 54.2. The van der Waals surface area contributed by atoms with Crippen molar-refractivity contribution in [1.29, 1.82) is 0 Å². The zero-order chi connectivity index (χ0) is 24.1. The first kappa shape index (κ1) is 25.1. The van der Waals surface area contributed by atoms with Gasteiger partial charge in [-0.3, -0.25) is 24.1 Å². The second-order valence-corrected chi connectivity index (χ2v) is 10.1. The van der Waals surface area contributed by atoms with Crippen LogP contribution in [0, 0.1) is 17.8 Å². The average Bonchev–Trinajstić information content (AvgIpc) is 3.04. The molecule has 4 amide bonds. The van der Waals surface area contributed by atoms with E-state index in [1.54, 1.807) is 6.92 Å². The minimum absolute atomic E-state index is 0.0112. The minimum Gasteiger partial charge on any atom is -0.354 e. The van der Waals surface area contributed by atoms with E-state index >= 15 is 0 Å². The molecule has 1 heterocycles. The van der Waals surface area contributed by atoms with Crippen molar-refractivity contribution < 1.29 is 19.2 Å². The van der Waals surface area contributed by atoms with Gasteiger partial charge in [0, 0.05) is 30.5 Å². The standard InChI is InChI=1S/C25H32BrN3O4/c1-16(2)14-27-23(31)17(3)29(15-18-8-10-19(26)11-9-18)22(30)12-13-28-24(32)20-6-4-5-7-21(20)25(28)33/h4-5,8-11,16-17,20-21H,6-7,12-15H2,1-3H3,(H,27,31)/t17-,20-,21+/m0/s1. The van der Waals surface area contributed by atoms with Gasteiger partial charge in [-0.1, -0.05) is 54.1 Å². The minimum atomic E-state index is -0.684. The Morgan fingerprint density at radius 1 is 1.06 bits per heavy atom. The van der Waals surface area contributed by atoms with Crippen LogP contribution in [0.5, 0.6) is 0 Å². The van der Waals surface area contributed by atoms with Gasteiger partial charge in [0.05, 0.1) is 11.8 Å². The maximum atomic E-state index is 13.3. The van der Waals surface area contributed by atoms with Crippen LogP contribution in [0.2, 0.25) is 0 Å². The number of rotatable bonds is 9. The molecule has 1 aromatic carbocycles. The normalized spacial score (nSPS) is 20.7. The van der Waals surface area contributed by atoms with E-state index in [1.165, 1.54) is 9.80 Å². The summed E-state index contributed by atoms with van der Waals surface area (Å²) in [5, 5.41) is 2.89. The molecular weight excluding hydrogens is 486 g/mol. The SMILES string of the molecule is CC(C)CNC(=O)[C@H](C)N(Cc1ccc(Br)cc1)C(=O)CCN1C(=O)[C@H]2CC=CC[C@H]2C1=O. The monoisotopic (exact) mass is 517 g/mol. The Morgan fingerprint density at radius 2 is 1.64 bits per heavy atom. The van der Waals surface area contributed by atoms with Crippen molar-refractivity contribution in [2.24, 2.45) is 17.8 Å². The van der Waals surface area contributed by atoms with Crippen molar-refractivity contribution in [3.63, 3.8) is 0 Å². The lowest BCUT2D eigenvalue weighted by Gasteiger charge is -2.29. The first-order chi connectivity index (χ1) is 15.7. The topological polar surface area (TPSA) is 86.8 Å². The lowest BCUT2D eigenvalue weighted by Crippen LogP contribution is -2.49. The fourth-order valence-corrected chi connectivity index (χ4v) is 4.53. The van der Waals surface area contributed by atoms with E-state index < -0.39 is 6.04 Å². The maximum Gasteiger partial charge on any atom is 0.242 e. The highest BCUT2D eigenvalue weighted by Gasteiger charge is 2.47. The molecule has 178 valence electrons. The molecule has 1 N–H and O–H groups in total. The Balaban J connectivity index is 1.70. The second-order valence-electron chi connectivity index (χ2n) is 9.20. The molecule has 0 spiro atoms. The fraction of sp³-hybridized carbons (Fsp3) is 0.520. The van der Waals surface area contributed by atoms with Crippen molar-refractivity contribution in [3.05, 3.63) is 46.5 Å². The third-order valence-corrected chi connectivity index (χ3v) is 6.79. The predicted octanol–water partition coefficient (Wildman–Crippen LogP) is 3.28. The number of nitrogens with one attached hydrogen (secondary N) is 1. The van der Waals surface area contributed by atoms with Gasteiger partial charge in [0.25, 0.3) is 0 Å². The largest absolute Gasteiger partial charge is 0.354 e. The highest BCUT2D eigenvalue weighted by Crippen LogP contribution is 2.35. The van der Waals surface area contributed by atoms with E-state index in [-0.39, 0.29) is 55.0 Å². The molecule has 1 aromatic rings. The van der Waals surface area contributed by atoms with Gasteiger partial charge in [0.1, 0.15) is 6.04 Å². The Kier molecular flexibility index (Phi) is 8.46. The Morgan fingerprint density at radius 3 is 2.18 bits per heavy atom. The van der Waals surface area contributed by atoms with Crippen LogP contribution >= 0.6 is 15.9 Å². The Hall–Kier alpha value is -2.48. The van der Waals surface area contributed by atoms with Gasteiger partial charge in [-0.2, -0.15) is 0 Å². The number of carbonyl (C=O) groups excluding carboxylic acids is 4. The molecule has 0 radical (unpaired) electrons. The third kappa shape index (κ3) is 6.10. The van der Waals surface area contributed by atoms with Crippen LogP contribution < -0.4 is 5.32 Å². The number of carbonyl (C=O) groups is 4. The number of amides is 4.